The summed E-state index contributed by atoms with van der Waals surface area (Å²) in [5.41, 5.74) is 1.42. The fraction of sp³-hybridized carbons (Fsp3) is 0.500. The molecule has 0 bridgehead atoms. The molecule has 1 heterocycles. The van der Waals surface area contributed by atoms with Crippen LogP contribution in [0.25, 0.3) is 5.57 Å². The first-order valence-corrected chi connectivity index (χ1v) is 5.87. The molecular formula is C14H20O3. The van der Waals surface area contributed by atoms with Crippen molar-refractivity contribution >= 4 is 5.57 Å². The van der Waals surface area contributed by atoms with Crippen molar-refractivity contribution in [1.29, 1.82) is 0 Å². The molecule has 1 rings (SSSR count). The third-order valence-corrected chi connectivity index (χ3v) is 2.89. The molecule has 0 saturated heterocycles. The van der Waals surface area contributed by atoms with Crippen molar-refractivity contribution in [3.8, 4) is 5.95 Å². The quantitative estimate of drug-likeness (QED) is 0.804. The van der Waals surface area contributed by atoms with Gasteiger partial charge in [-0.2, -0.15) is 0 Å². The molecule has 1 aromatic rings. The zero-order valence-electron chi connectivity index (χ0n) is 11.2. The molecule has 0 aliphatic rings. The predicted molar refractivity (Wildman–Crippen MR) is 69.4 cm³/mol. The molecule has 3 nitrogen and oxygen atoms in total. The Kier molecular flexibility index (Phi) is 4.55. The lowest BCUT2D eigenvalue weighted by Gasteiger charge is -2.08. The topological polar surface area (TPSA) is 39.4 Å². The van der Waals surface area contributed by atoms with E-state index in [1.54, 1.807) is 6.92 Å². The number of methoxy groups -OCH3 is 1. The highest BCUT2D eigenvalue weighted by Gasteiger charge is 2.10. The van der Waals surface area contributed by atoms with Gasteiger partial charge in [0.15, 0.2) is 5.43 Å². The van der Waals surface area contributed by atoms with Gasteiger partial charge in [0.05, 0.1) is 12.7 Å². The fourth-order valence-corrected chi connectivity index (χ4v) is 1.55. The van der Waals surface area contributed by atoms with Crippen LogP contribution in [0.5, 0.6) is 5.95 Å². The van der Waals surface area contributed by atoms with E-state index < -0.39 is 0 Å². The van der Waals surface area contributed by atoms with Crippen LogP contribution in [0.15, 0.2) is 21.4 Å². The third-order valence-electron chi connectivity index (χ3n) is 2.89. The molecule has 0 amide bonds. The average molecular weight is 236 g/mol. The smallest absolute Gasteiger partial charge is 0.291 e. The normalized spacial score (nSPS) is 13.6. The molecule has 0 aliphatic carbocycles. The SMILES string of the molecule is CCC(C)C=C(C)c1cc(=O)c(C)c(OC)o1. The maximum Gasteiger partial charge on any atom is 0.291 e. The maximum absolute atomic E-state index is 11.7. The summed E-state index contributed by atoms with van der Waals surface area (Å²) in [6.45, 7) is 7.90. The highest BCUT2D eigenvalue weighted by molar-refractivity contribution is 5.59. The standard InChI is InChI=1S/C14H20O3/c1-6-9(2)7-10(3)13-8-12(15)11(4)14(16-5)17-13/h7-9H,6H2,1-5H3. The molecule has 1 aromatic heterocycles. The summed E-state index contributed by atoms with van der Waals surface area (Å²) in [4.78, 5) is 11.7. The van der Waals surface area contributed by atoms with Crippen molar-refractivity contribution in [2.75, 3.05) is 7.11 Å². The van der Waals surface area contributed by atoms with Gasteiger partial charge in [-0.15, -0.1) is 0 Å². The van der Waals surface area contributed by atoms with Crippen LogP contribution in [0.4, 0.5) is 0 Å². The van der Waals surface area contributed by atoms with Gasteiger partial charge in [0.25, 0.3) is 5.95 Å². The highest BCUT2D eigenvalue weighted by atomic mass is 16.6. The van der Waals surface area contributed by atoms with Gasteiger partial charge < -0.3 is 9.15 Å². The van der Waals surface area contributed by atoms with Gasteiger partial charge in [-0.1, -0.05) is 26.3 Å². The fourth-order valence-electron chi connectivity index (χ4n) is 1.55. The zero-order chi connectivity index (χ0) is 13.0. The second kappa shape index (κ2) is 5.71. The molecule has 1 atom stereocenters. The van der Waals surface area contributed by atoms with Crippen LogP contribution in [-0.2, 0) is 0 Å². The summed E-state index contributed by atoms with van der Waals surface area (Å²) in [6.07, 6.45) is 3.16. The monoisotopic (exact) mass is 236 g/mol. The molecule has 0 N–H and O–H groups in total. The molecule has 3 heteroatoms. The molecule has 0 saturated carbocycles. The summed E-state index contributed by atoms with van der Waals surface area (Å²) in [5.74, 6) is 1.34. The lowest BCUT2D eigenvalue weighted by molar-refractivity contribution is 0.289. The summed E-state index contributed by atoms with van der Waals surface area (Å²) in [6, 6.07) is 1.52. The Morgan fingerprint density at radius 3 is 2.76 bits per heavy atom. The highest BCUT2D eigenvalue weighted by Crippen LogP contribution is 2.22. The minimum absolute atomic E-state index is 0.0556. The minimum Gasteiger partial charge on any atom is -0.468 e. The van der Waals surface area contributed by atoms with Crippen LogP contribution in [0.2, 0.25) is 0 Å². The van der Waals surface area contributed by atoms with Gasteiger partial charge in [0, 0.05) is 6.07 Å². The zero-order valence-corrected chi connectivity index (χ0v) is 11.2. The van der Waals surface area contributed by atoms with Crippen LogP contribution < -0.4 is 10.2 Å². The number of ether oxygens (including phenoxy) is 1. The minimum atomic E-state index is -0.0556. The Labute approximate surface area is 102 Å². The first kappa shape index (κ1) is 13.6. The molecule has 0 radical (unpaired) electrons. The van der Waals surface area contributed by atoms with E-state index in [4.69, 9.17) is 9.15 Å². The van der Waals surface area contributed by atoms with Gasteiger partial charge in [-0.05, 0) is 25.3 Å². The molecule has 94 valence electrons. The van der Waals surface area contributed by atoms with Crippen molar-refractivity contribution in [2.45, 2.75) is 34.1 Å². The van der Waals surface area contributed by atoms with E-state index in [2.05, 4.69) is 19.9 Å². The number of allylic oxidation sites excluding steroid dienone is 2. The molecule has 0 aromatic carbocycles. The van der Waals surface area contributed by atoms with E-state index in [0.29, 0.717) is 23.2 Å². The molecule has 0 spiro atoms. The summed E-state index contributed by atoms with van der Waals surface area (Å²) < 4.78 is 10.6. The van der Waals surface area contributed by atoms with Crippen molar-refractivity contribution in [3.05, 3.63) is 33.7 Å². The summed E-state index contributed by atoms with van der Waals surface area (Å²) >= 11 is 0. The average Bonchev–Trinajstić information content (AvgIpc) is 2.32. The summed E-state index contributed by atoms with van der Waals surface area (Å²) in [7, 11) is 1.50. The van der Waals surface area contributed by atoms with Crippen molar-refractivity contribution in [3.63, 3.8) is 0 Å². The van der Waals surface area contributed by atoms with E-state index in [9.17, 15) is 4.79 Å². The Balaban J connectivity index is 3.20. The van der Waals surface area contributed by atoms with E-state index in [1.807, 2.05) is 6.92 Å². The van der Waals surface area contributed by atoms with Gasteiger partial charge in [0.2, 0.25) is 0 Å². The second-order valence-corrected chi connectivity index (χ2v) is 4.33. The largest absolute Gasteiger partial charge is 0.468 e. The van der Waals surface area contributed by atoms with Crippen molar-refractivity contribution in [1.82, 2.24) is 0 Å². The van der Waals surface area contributed by atoms with Crippen molar-refractivity contribution in [2.24, 2.45) is 5.92 Å². The van der Waals surface area contributed by atoms with Crippen LogP contribution in [0.3, 0.4) is 0 Å². The Morgan fingerprint density at radius 1 is 1.59 bits per heavy atom. The van der Waals surface area contributed by atoms with E-state index in [1.165, 1.54) is 13.2 Å². The first-order chi connectivity index (χ1) is 7.99. The first-order valence-electron chi connectivity index (χ1n) is 5.87. The Morgan fingerprint density at radius 2 is 2.24 bits per heavy atom. The van der Waals surface area contributed by atoms with Crippen molar-refractivity contribution < 1.29 is 9.15 Å². The van der Waals surface area contributed by atoms with Gasteiger partial charge in [-0.3, -0.25) is 4.79 Å². The molecule has 17 heavy (non-hydrogen) atoms. The third kappa shape index (κ3) is 3.22. The maximum atomic E-state index is 11.7. The lowest BCUT2D eigenvalue weighted by Crippen LogP contribution is -2.07. The van der Waals surface area contributed by atoms with Gasteiger partial charge >= 0.3 is 0 Å². The van der Waals surface area contributed by atoms with Gasteiger partial charge in [0.1, 0.15) is 5.76 Å². The molecule has 1 unspecified atom stereocenters. The number of hydrogen-bond acceptors (Lipinski definition) is 3. The molecule has 0 fully saturated rings. The van der Waals surface area contributed by atoms with Crippen LogP contribution in [-0.4, -0.2) is 7.11 Å². The predicted octanol–water partition coefficient (Wildman–Crippen LogP) is 3.41. The second-order valence-electron chi connectivity index (χ2n) is 4.33. The molecule has 0 aliphatic heterocycles. The Bertz CT molecular complexity index is 469. The summed E-state index contributed by atoms with van der Waals surface area (Å²) in [5, 5.41) is 0. The Hall–Kier alpha value is -1.51. The van der Waals surface area contributed by atoms with E-state index in [-0.39, 0.29) is 5.43 Å². The van der Waals surface area contributed by atoms with Crippen LogP contribution >= 0.6 is 0 Å². The number of rotatable bonds is 4. The van der Waals surface area contributed by atoms with Gasteiger partial charge in [-0.25, -0.2) is 0 Å². The van der Waals surface area contributed by atoms with E-state index in [0.717, 1.165) is 12.0 Å². The lowest BCUT2D eigenvalue weighted by atomic mass is 10.0. The van der Waals surface area contributed by atoms with Crippen LogP contribution in [0, 0.1) is 12.8 Å². The van der Waals surface area contributed by atoms with E-state index >= 15 is 0 Å². The molecular weight excluding hydrogens is 216 g/mol. The van der Waals surface area contributed by atoms with Crippen LogP contribution in [0.1, 0.15) is 38.5 Å². The number of hydrogen-bond donors (Lipinski definition) is 0.